The Hall–Kier alpha value is -4.32. The van der Waals surface area contributed by atoms with Crippen LogP contribution in [0, 0.1) is 0 Å². The van der Waals surface area contributed by atoms with Crippen LogP contribution in [0.4, 0.5) is 0 Å². The van der Waals surface area contributed by atoms with Crippen molar-refractivity contribution >= 4 is 44.5 Å². The molecule has 0 unspecified atom stereocenters. The number of aliphatic hydroxyl groups excluding tert-OH is 2. The summed E-state index contributed by atoms with van der Waals surface area (Å²) >= 11 is 0. The Kier molecular flexibility index (Phi) is 4.43. The molecule has 0 atom stereocenters. The van der Waals surface area contributed by atoms with Gasteiger partial charge in [0.15, 0.2) is 11.5 Å². The van der Waals surface area contributed by atoms with Crippen molar-refractivity contribution in [3.63, 3.8) is 0 Å². The van der Waals surface area contributed by atoms with Gasteiger partial charge in [-0.1, -0.05) is 56.3 Å². The smallest absolute Gasteiger partial charge is 0.232 e. The Morgan fingerprint density at radius 2 is 1.42 bits per heavy atom. The maximum atomic E-state index is 13.5. The van der Waals surface area contributed by atoms with E-state index in [0.717, 1.165) is 11.0 Å². The maximum Gasteiger partial charge on any atom is 0.232 e. The van der Waals surface area contributed by atoms with Crippen LogP contribution in [-0.4, -0.2) is 31.7 Å². The van der Waals surface area contributed by atoms with E-state index in [1.807, 2.05) is 44.2 Å². The Labute approximate surface area is 189 Å². The van der Waals surface area contributed by atoms with Gasteiger partial charge in [0.1, 0.15) is 0 Å². The molecule has 2 aromatic heterocycles. The van der Waals surface area contributed by atoms with Gasteiger partial charge in [0.05, 0.1) is 11.1 Å². The van der Waals surface area contributed by atoms with Gasteiger partial charge in [-0.2, -0.15) is 0 Å². The van der Waals surface area contributed by atoms with Gasteiger partial charge < -0.3 is 20.2 Å². The number of aliphatic hydroxyl groups is 2. The number of fused-ring (bicyclic) bond motifs is 2. The number of allylic oxidation sites excluding steroid dienone is 3. The summed E-state index contributed by atoms with van der Waals surface area (Å²) in [5.41, 5.74) is 1.80. The molecule has 1 aliphatic rings. The molecule has 0 saturated carbocycles. The summed E-state index contributed by atoms with van der Waals surface area (Å²) in [6, 6.07) is 14.5. The van der Waals surface area contributed by atoms with E-state index in [-0.39, 0.29) is 11.1 Å². The van der Waals surface area contributed by atoms with E-state index in [4.69, 9.17) is 0 Å². The molecule has 5 rings (SSSR count). The second kappa shape index (κ2) is 7.10. The first-order valence-corrected chi connectivity index (χ1v) is 10.5. The third-order valence-electron chi connectivity index (χ3n) is 6.33. The fraction of sp³-hybridized carbons (Fsp3) is 0.111. The third kappa shape index (κ3) is 2.88. The third-order valence-corrected chi connectivity index (χ3v) is 6.33. The van der Waals surface area contributed by atoms with E-state index < -0.39 is 28.5 Å². The maximum absolute atomic E-state index is 13.5. The average Bonchev–Trinajstić information content (AvgIpc) is 3.41. The molecule has 0 aliphatic heterocycles. The molecule has 33 heavy (non-hydrogen) atoms. The molecule has 4 aromatic rings. The molecular weight excluding hydrogens is 416 g/mol. The lowest BCUT2D eigenvalue weighted by Crippen LogP contribution is -2.25. The summed E-state index contributed by atoms with van der Waals surface area (Å²) in [6.07, 6.45) is 3.28. The lowest BCUT2D eigenvalue weighted by atomic mass is 9.80. The van der Waals surface area contributed by atoms with Crippen molar-refractivity contribution in [1.29, 1.82) is 0 Å². The van der Waals surface area contributed by atoms with Crippen molar-refractivity contribution < 1.29 is 19.8 Å². The van der Waals surface area contributed by atoms with Crippen molar-refractivity contribution in [2.75, 3.05) is 0 Å². The quantitative estimate of drug-likeness (QED) is 0.249. The van der Waals surface area contributed by atoms with Crippen LogP contribution in [-0.2, 0) is 15.0 Å². The van der Waals surface area contributed by atoms with Gasteiger partial charge in [0.25, 0.3) is 0 Å². The zero-order valence-corrected chi connectivity index (χ0v) is 18.2. The molecule has 4 N–H and O–H groups in total. The predicted molar refractivity (Wildman–Crippen MR) is 129 cm³/mol. The number of hydrogen-bond donors (Lipinski definition) is 4. The van der Waals surface area contributed by atoms with E-state index in [0.29, 0.717) is 27.6 Å². The minimum Gasteiger partial charge on any atom is -0.504 e. The SMILES string of the molecule is C=CC(C)(C)c1[nH]c2ccccc2c1C1=C(O)C(=O)C(c2c[nH]c3ccccc23)=C(O)C1=O. The number of ketones is 2. The van der Waals surface area contributed by atoms with Crippen LogP contribution >= 0.6 is 0 Å². The number of carbonyl (C=O) groups excluding carboxylic acids is 2. The number of H-pyrrole nitrogens is 2. The molecule has 0 amide bonds. The summed E-state index contributed by atoms with van der Waals surface area (Å²) in [4.78, 5) is 33.2. The Bertz CT molecular complexity index is 1560. The van der Waals surface area contributed by atoms with E-state index in [9.17, 15) is 19.8 Å². The zero-order valence-electron chi connectivity index (χ0n) is 18.2. The molecule has 2 heterocycles. The molecule has 164 valence electrons. The number of aromatic nitrogens is 2. The zero-order chi connectivity index (χ0) is 23.5. The summed E-state index contributed by atoms with van der Waals surface area (Å²) in [7, 11) is 0. The van der Waals surface area contributed by atoms with Crippen LogP contribution in [0.3, 0.4) is 0 Å². The topological polar surface area (TPSA) is 106 Å². The van der Waals surface area contributed by atoms with Crippen molar-refractivity contribution in [2.24, 2.45) is 0 Å². The average molecular weight is 438 g/mol. The first kappa shape index (κ1) is 20.6. The number of nitrogens with one attached hydrogen (secondary N) is 2. The molecule has 1 aliphatic carbocycles. The highest BCUT2D eigenvalue weighted by atomic mass is 16.3. The van der Waals surface area contributed by atoms with Gasteiger partial charge in [0, 0.05) is 50.2 Å². The van der Waals surface area contributed by atoms with Gasteiger partial charge in [-0.15, -0.1) is 6.58 Å². The number of benzene rings is 2. The van der Waals surface area contributed by atoms with Gasteiger partial charge in [-0.25, -0.2) is 0 Å². The highest BCUT2D eigenvalue weighted by Crippen LogP contribution is 2.42. The lowest BCUT2D eigenvalue weighted by molar-refractivity contribution is -0.116. The van der Waals surface area contributed by atoms with E-state index in [2.05, 4.69) is 16.5 Å². The van der Waals surface area contributed by atoms with Gasteiger partial charge >= 0.3 is 0 Å². The Morgan fingerprint density at radius 1 is 0.848 bits per heavy atom. The van der Waals surface area contributed by atoms with Crippen molar-refractivity contribution in [3.8, 4) is 0 Å². The van der Waals surface area contributed by atoms with E-state index >= 15 is 0 Å². The van der Waals surface area contributed by atoms with E-state index in [1.54, 1.807) is 30.5 Å². The number of rotatable bonds is 4. The van der Waals surface area contributed by atoms with Crippen LogP contribution < -0.4 is 0 Å². The summed E-state index contributed by atoms with van der Waals surface area (Å²) in [5.74, 6) is -2.99. The Morgan fingerprint density at radius 3 is 2.12 bits per heavy atom. The van der Waals surface area contributed by atoms with Crippen LogP contribution in [0.1, 0.15) is 30.7 Å². The molecule has 2 aromatic carbocycles. The second-order valence-corrected chi connectivity index (χ2v) is 8.70. The molecule has 0 spiro atoms. The molecule has 0 radical (unpaired) electrons. The summed E-state index contributed by atoms with van der Waals surface area (Å²) < 4.78 is 0. The molecule has 6 nitrogen and oxygen atoms in total. The van der Waals surface area contributed by atoms with Crippen molar-refractivity contribution in [2.45, 2.75) is 19.3 Å². The minimum absolute atomic E-state index is 0.219. The predicted octanol–water partition coefficient (Wildman–Crippen LogP) is 5.50. The second-order valence-electron chi connectivity index (χ2n) is 8.70. The number of Topliss-reactive ketones (excluding diaryl/α,β-unsaturated/α-hetero) is 2. The summed E-state index contributed by atoms with van der Waals surface area (Å²) in [6.45, 7) is 7.72. The molecular formula is C27H22N2O4. The molecule has 6 heteroatoms. The minimum atomic E-state index is -0.807. The summed E-state index contributed by atoms with van der Waals surface area (Å²) in [5, 5.41) is 23.4. The van der Waals surface area contributed by atoms with E-state index in [1.165, 1.54) is 0 Å². The van der Waals surface area contributed by atoms with Crippen molar-refractivity contribution in [1.82, 2.24) is 9.97 Å². The van der Waals surface area contributed by atoms with Crippen molar-refractivity contribution in [3.05, 3.63) is 95.7 Å². The van der Waals surface area contributed by atoms with Crippen LogP contribution in [0.25, 0.3) is 33.0 Å². The normalized spacial score (nSPS) is 15.2. The van der Waals surface area contributed by atoms with Gasteiger partial charge in [-0.3, -0.25) is 9.59 Å². The lowest BCUT2D eigenvalue weighted by Gasteiger charge is -2.24. The van der Waals surface area contributed by atoms with Crippen LogP contribution in [0.2, 0.25) is 0 Å². The fourth-order valence-corrected chi connectivity index (χ4v) is 4.43. The van der Waals surface area contributed by atoms with Crippen LogP contribution in [0.15, 0.2) is 78.9 Å². The highest BCUT2D eigenvalue weighted by molar-refractivity contribution is 6.48. The number of para-hydroxylation sites is 2. The standard InChI is InChI=1S/C27H22N2O4/c1-4-27(2,3)26-19(15-10-6-8-12-18(15)29-26)21-24(32)22(30)20(23(31)25(21)33)16-13-28-17-11-7-5-9-14(16)17/h4-13,28-30,33H,1H2,2-3H3. The molecule has 0 bridgehead atoms. The number of carbonyl (C=O) groups is 2. The molecule has 0 fully saturated rings. The fourth-order valence-electron chi connectivity index (χ4n) is 4.43. The largest absolute Gasteiger partial charge is 0.504 e. The number of hydrogen-bond acceptors (Lipinski definition) is 4. The monoisotopic (exact) mass is 438 g/mol. The highest BCUT2D eigenvalue weighted by Gasteiger charge is 2.40. The first-order valence-electron chi connectivity index (χ1n) is 10.5. The van der Waals surface area contributed by atoms with Crippen LogP contribution in [0.5, 0.6) is 0 Å². The molecule has 0 saturated heterocycles. The van der Waals surface area contributed by atoms with Gasteiger partial charge in [0.2, 0.25) is 11.6 Å². The Balaban J connectivity index is 1.77. The first-order chi connectivity index (χ1) is 15.8. The number of aromatic amines is 2. The van der Waals surface area contributed by atoms with Gasteiger partial charge in [-0.05, 0) is 12.1 Å².